The molecular formula is C9H13N5S2. The molecule has 0 atom stereocenters. The highest BCUT2D eigenvalue weighted by molar-refractivity contribution is 7.98. The van der Waals surface area contributed by atoms with Crippen LogP contribution in [-0.2, 0) is 19.3 Å². The molecule has 0 aliphatic heterocycles. The first kappa shape index (κ1) is 11.6. The number of hydrogen-bond donors (Lipinski definition) is 1. The van der Waals surface area contributed by atoms with Crippen molar-refractivity contribution in [2.45, 2.75) is 24.4 Å². The maximum Gasteiger partial charge on any atom is 0.191 e. The summed E-state index contributed by atoms with van der Waals surface area (Å²) < 4.78 is 1.92. The molecule has 2 N–H and O–H groups in total. The third-order valence-electron chi connectivity index (χ3n) is 2.10. The Bertz CT molecular complexity index is 476. The predicted molar refractivity (Wildman–Crippen MR) is 65.3 cm³/mol. The molecule has 86 valence electrons. The van der Waals surface area contributed by atoms with E-state index < -0.39 is 0 Å². The number of aromatic nitrogens is 4. The quantitative estimate of drug-likeness (QED) is 0.835. The van der Waals surface area contributed by atoms with Crippen molar-refractivity contribution in [1.29, 1.82) is 0 Å². The molecule has 2 heterocycles. The van der Waals surface area contributed by atoms with Gasteiger partial charge in [-0.05, 0) is 6.92 Å². The lowest BCUT2D eigenvalue weighted by molar-refractivity contribution is 0.734. The summed E-state index contributed by atoms with van der Waals surface area (Å²) in [6, 6.07) is 0. The van der Waals surface area contributed by atoms with Crippen LogP contribution in [0, 0.1) is 6.92 Å². The standard InChI is InChI=1S/C9H13N5S2/c1-6-4-15-8(11-6)5-16-9-13-12-7(3-10)14(9)2/h4H,3,5,10H2,1-2H3. The van der Waals surface area contributed by atoms with Gasteiger partial charge in [0.2, 0.25) is 0 Å². The van der Waals surface area contributed by atoms with Crippen molar-refractivity contribution in [2.75, 3.05) is 0 Å². The lowest BCUT2D eigenvalue weighted by Crippen LogP contribution is -2.05. The summed E-state index contributed by atoms with van der Waals surface area (Å²) >= 11 is 3.30. The third kappa shape index (κ3) is 2.42. The second-order valence-corrected chi connectivity index (χ2v) is 5.22. The largest absolute Gasteiger partial charge is 0.324 e. The molecule has 0 aromatic carbocycles. The van der Waals surface area contributed by atoms with E-state index in [1.54, 1.807) is 23.1 Å². The second-order valence-electron chi connectivity index (χ2n) is 3.33. The van der Waals surface area contributed by atoms with E-state index in [0.717, 1.165) is 27.4 Å². The Hall–Kier alpha value is -0.920. The van der Waals surface area contributed by atoms with Gasteiger partial charge < -0.3 is 10.3 Å². The summed E-state index contributed by atoms with van der Waals surface area (Å²) in [5, 5.41) is 12.1. The van der Waals surface area contributed by atoms with Crippen LogP contribution >= 0.6 is 23.1 Å². The number of aryl methyl sites for hydroxylation is 1. The van der Waals surface area contributed by atoms with Gasteiger partial charge in [0.25, 0.3) is 0 Å². The van der Waals surface area contributed by atoms with Crippen molar-refractivity contribution in [3.63, 3.8) is 0 Å². The van der Waals surface area contributed by atoms with Crippen molar-refractivity contribution in [1.82, 2.24) is 19.7 Å². The zero-order valence-electron chi connectivity index (χ0n) is 9.17. The van der Waals surface area contributed by atoms with Crippen LogP contribution in [0.25, 0.3) is 0 Å². The van der Waals surface area contributed by atoms with E-state index in [1.807, 2.05) is 18.5 Å². The van der Waals surface area contributed by atoms with Crippen LogP contribution < -0.4 is 5.73 Å². The Morgan fingerprint density at radius 2 is 2.31 bits per heavy atom. The Labute approximate surface area is 102 Å². The highest BCUT2D eigenvalue weighted by atomic mass is 32.2. The van der Waals surface area contributed by atoms with Crippen molar-refractivity contribution < 1.29 is 0 Å². The van der Waals surface area contributed by atoms with E-state index in [2.05, 4.69) is 20.6 Å². The van der Waals surface area contributed by atoms with Crippen LogP contribution in [0.3, 0.4) is 0 Å². The molecule has 5 nitrogen and oxygen atoms in total. The molecule has 0 amide bonds. The zero-order valence-corrected chi connectivity index (χ0v) is 10.8. The minimum atomic E-state index is 0.417. The highest BCUT2D eigenvalue weighted by Crippen LogP contribution is 2.22. The normalized spacial score (nSPS) is 10.9. The smallest absolute Gasteiger partial charge is 0.191 e. The fourth-order valence-corrected chi connectivity index (χ4v) is 2.96. The van der Waals surface area contributed by atoms with Gasteiger partial charge in [-0.2, -0.15) is 0 Å². The van der Waals surface area contributed by atoms with Crippen LogP contribution in [-0.4, -0.2) is 19.7 Å². The van der Waals surface area contributed by atoms with Crippen LogP contribution in [0.2, 0.25) is 0 Å². The van der Waals surface area contributed by atoms with Gasteiger partial charge in [0.1, 0.15) is 10.8 Å². The molecule has 7 heteroatoms. The molecule has 0 saturated heterocycles. The average Bonchev–Trinajstić information content (AvgIpc) is 2.83. The molecule has 0 unspecified atom stereocenters. The molecule has 2 aromatic rings. The first-order chi connectivity index (χ1) is 7.70. The molecule has 0 aliphatic carbocycles. The average molecular weight is 255 g/mol. The fourth-order valence-electron chi connectivity index (χ4n) is 1.24. The van der Waals surface area contributed by atoms with E-state index >= 15 is 0 Å². The predicted octanol–water partition coefficient (Wildman–Crippen LogP) is 1.33. The van der Waals surface area contributed by atoms with Gasteiger partial charge in [0, 0.05) is 18.1 Å². The van der Waals surface area contributed by atoms with Crippen LogP contribution in [0.4, 0.5) is 0 Å². The lowest BCUT2D eigenvalue weighted by atomic mass is 10.6. The Morgan fingerprint density at radius 1 is 1.50 bits per heavy atom. The number of thiazole rings is 1. The molecule has 0 aliphatic rings. The van der Waals surface area contributed by atoms with Gasteiger partial charge >= 0.3 is 0 Å². The fraction of sp³-hybridized carbons (Fsp3) is 0.444. The SMILES string of the molecule is Cc1csc(CSc2nnc(CN)n2C)n1. The van der Waals surface area contributed by atoms with Crippen molar-refractivity contribution >= 4 is 23.1 Å². The van der Waals surface area contributed by atoms with E-state index in [4.69, 9.17) is 5.73 Å². The number of nitrogens with two attached hydrogens (primary N) is 1. The molecule has 0 bridgehead atoms. The number of thioether (sulfide) groups is 1. The first-order valence-corrected chi connectivity index (χ1v) is 6.69. The van der Waals surface area contributed by atoms with Crippen LogP contribution in [0.15, 0.2) is 10.5 Å². The molecule has 0 spiro atoms. The third-order valence-corrected chi connectivity index (χ3v) is 4.28. The molecular weight excluding hydrogens is 242 g/mol. The molecule has 0 radical (unpaired) electrons. The summed E-state index contributed by atoms with van der Waals surface area (Å²) in [6.07, 6.45) is 0. The second kappa shape index (κ2) is 4.94. The molecule has 16 heavy (non-hydrogen) atoms. The topological polar surface area (TPSA) is 69.6 Å². The van der Waals surface area contributed by atoms with Crippen LogP contribution in [0.1, 0.15) is 16.5 Å². The van der Waals surface area contributed by atoms with Gasteiger partial charge in [-0.15, -0.1) is 21.5 Å². The van der Waals surface area contributed by atoms with Gasteiger partial charge in [0.05, 0.1) is 12.3 Å². The van der Waals surface area contributed by atoms with Crippen molar-refractivity contribution in [3.8, 4) is 0 Å². The van der Waals surface area contributed by atoms with Gasteiger partial charge in [-0.3, -0.25) is 0 Å². The highest BCUT2D eigenvalue weighted by Gasteiger charge is 2.08. The number of nitrogens with zero attached hydrogens (tertiary/aromatic N) is 4. The number of rotatable bonds is 4. The molecule has 0 fully saturated rings. The van der Waals surface area contributed by atoms with Gasteiger partial charge in [0.15, 0.2) is 5.16 Å². The van der Waals surface area contributed by atoms with Gasteiger partial charge in [-0.25, -0.2) is 4.98 Å². The molecule has 0 saturated carbocycles. The van der Waals surface area contributed by atoms with Crippen LogP contribution in [0.5, 0.6) is 0 Å². The minimum absolute atomic E-state index is 0.417. The summed E-state index contributed by atoms with van der Waals surface area (Å²) in [6.45, 7) is 2.42. The number of hydrogen-bond acceptors (Lipinski definition) is 6. The van der Waals surface area contributed by atoms with E-state index in [0.29, 0.717) is 6.54 Å². The summed E-state index contributed by atoms with van der Waals surface area (Å²) in [5.41, 5.74) is 6.60. The summed E-state index contributed by atoms with van der Waals surface area (Å²) in [7, 11) is 1.93. The Balaban J connectivity index is 2.02. The van der Waals surface area contributed by atoms with Gasteiger partial charge in [-0.1, -0.05) is 11.8 Å². The maximum atomic E-state index is 5.53. The van der Waals surface area contributed by atoms with Crippen molar-refractivity contribution in [3.05, 3.63) is 21.9 Å². The minimum Gasteiger partial charge on any atom is -0.324 e. The van der Waals surface area contributed by atoms with E-state index in [9.17, 15) is 0 Å². The maximum absolute atomic E-state index is 5.53. The van der Waals surface area contributed by atoms with E-state index in [-0.39, 0.29) is 0 Å². The van der Waals surface area contributed by atoms with E-state index in [1.165, 1.54) is 0 Å². The summed E-state index contributed by atoms with van der Waals surface area (Å²) in [5.74, 6) is 1.63. The zero-order chi connectivity index (χ0) is 11.5. The Morgan fingerprint density at radius 3 is 2.88 bits per heavy atom. The summed E-state index contributed by atoms with van der Waals surface area (Å²) in [4.78, 5) is 4.40. The molecule has 2 aromatic heterocycles. The lowest BCUT2D eigenvalue weighted by Gasteiger charge is -2.00. The monoisotopic (exact) mass is 255 g/mol. The first-order valence-electron chi connectivity index (χ1n) is 4.83. The molecule has 2 rings (SSSR count). The van der Waals surface area contributed by atoms with Crippen molar-refractivity contribution in [2.24, 2.45) is 12.8 Å². The Kier molecular flexibility index (Phi) is 3.57.